The third-order valence-electron chi connectivity index (χ3n) is 1.36. The fourth-order valence-electron chi connectivity index (χ4n) is 0.939. The maximum Gasteiger partial charge on any atom is 0.0560 e. The standard InChI is InChI=1S/C8H11BrOS/c1-5(10)3-8-7(9)4-6(2)11-8/h4-5,10H,3H2,1-2H3. The fourth-order valence-corrected chi connectivity index (χ4v) is 2.88. The van der Waals surface area contributed by atoms with Crippen LogP contribution >= 0.6 is 27.3 Å². The van der Waals surface area contributed by atoms with Gasteiger partial charge in [0.2, 0.25) is 0 Å². The Bertz CT molecular complexity index is 242. The molecule has 1 unspecified atom stereocenters. The van der Waals surface area contributed by atoms with E-state index in [1.165, 1.54) is 9.75 Å². The molecule has 0 saturated heterocycles. The summed E-state index contributed by atoms with van der Waals surface area (Å²) in [6, 6.07) is 2.09. The minimum Gasteiger partial charge on any atom is -0.393 e. The number of halogens is 1. The van der Waals surface area contributed by atoms with Gasteiger partial charge in [0, 0.05) is 20.6 Å². The molecule has 0 aliphatic heterocycles. The molecule has 0 bridgehead atoms. The van der Waals surface area contributed by atoms with E-state index in [1.54, 1.807) is 11.3 Å². The van der Waals surface area contributed by atoms with E-state index in [-0.39, 0.29) is 6.10 Å². The number of hydrogen-bond donors (Lipinski definition) is 1. The molecule has 1 nitrogen and oxygen atoms in total. The Balaban J connectivity index is 2.77. The highest BCUT2D eigenvalue weighted by atomic mass is 79.9. The van der Waals surface area contributed by atoms with E-state index in [9.17, 15) is 0 Å². The lowest BCUT2D eigenvalue weighted by Gasteiger charge is -2.00. The normalized spacial score (nSPS) is 13.5. The van der Waals surface area contributed by atoms with Gasteiger partial charge in [-0.25, -0.2) is 0 Å². The van der Waals surface area contributed by atoms with Crippen LogP contribution in [0.5, 0.6) is 0 Å². The van der Waals surface area contributed by atoms with Crippen LogP contribution in [0.1, 0.15) is 16.7 Å². The SMILES string of the molecule is Cc1cc(Br)c(CC(C)O)s1. The van der Waals surface area contributed by atoms with Crippen LogP contribution in [0.3, 0.4) is 0 Å². The lowest BCUT2D eigenvalue weighted by molar-refractivity contribution is 0.196. The van der Waals surface area contributed by atoms with Crippen LogP contribution in [-0.2, 0) is 6.42 Å². The average Bonchev–Trinajstić information content (AvgIpc) is 2.09. The number of hydrogen-bond acceptors (Lipinski definition) is 2. The number of aliphatic hydroxyl groups excluding tert-OH is 1. The Morgan fingerprint density at radius 2 is 2.36 bits per heavy atom. The van der Waals surface area contributed by atoms with Crippen molar-refractivity contribution >= 4 is 27.3 Å². The summed E-state index contributed by atoms with van der Waals surface area (Å²) in [6.45, 7) is 3.88. The van der Waals surface area contributed by atoms with Crippen molar-refractivity contribution in [1.82, 2.24) is 0 Å². The summed E-state index contributed by atoms with van der Waals surface area (Å²) in [5.41, 5.74) is 0. The van der Waals surface area contributed by atoms with E-state index in [2.05, 4.69) is 28.9 Å². The Kier molecular flexibility index (Phi) is 3.10. The van der Waals surface area contributed by atoms with E-state index < -0.39 is 0 Å². The summed E-state index contributed by atoms with van der Waals surface area (Å²) >= 11 is 5.18. The molecule has 0 amide bonds. The molecule has 62 valence electrons. The van der Waals surface area contributed by atoms with E-state index in [1.807, 2.05) is 6.92 Å². The summed E-state index contributed by atoms with van der Waals surface area (Å²) in [4.78, 5) is 2.52. The molecule has 1 aromatic rings. The van der Waals surface area contributed by atoms with E-state index in [0.29, 0.717) is 0 Å². The zero-order chi connectivity index (χ0) is 8.43. The van der Waals surface area contributed by atoms with Gasteiger partial charge in [0.1, 0.15) is 0 Å². The molecular weight excluding hydrogens is 224 g/mol. The third-order valence-corrected chi connectivity index (χ3v) is 3.40. The second-order valence-electron chi connectivity index (χ2n) is 2.68. The van der Waals surface area contributed by atoms with E-state index in [4.69, 9.17) is 5.11 Å². The molecule has 0 fully saturated rings. The van der Waals surface area contributed by atoms with Crippen molar-refractivity contribution in [3.8, 4) is 0 Å². The van der Waals surface area contributed by atoms with Crippen LogP contribution in [0, 0.1) is 6.92 Å². The van der Waals surface area contributed by atoms with Crippen LogP contribution in [0.25, 0.3) is 0 Å². The minimum absolute atomic E-state index is 0.246. The van der Waals surface area contributed by atoms with E-state index >= 15 is 0 Å². The molecule has 1 rings (SSSR count). The lowest BCUT2D eigenvalue weighted by Crippen LogP contribution is -2.02. The van der Waals surface area contributed by atoms with Crippen molar-refractivity contribution in [3.63, 3.8) is 0 Å². The van der Waals surface area contributed by atoms with Gasteiger partial charge in [-0.2, -0.15) is 0 Å². The van der Waals surface area contributed by atoms with Gasteiger partial charge >= 0.3 is 0 Å². The van der Waals surface area contributed by atoms with Crippen LogP contribution in [0.15, 0.2) is 10.5 Å². The third kappa shape index (κ3) is 2.58. The second-order valence-corrected chi connectivity index (χ2v) is 4.88. The number of rotatable bonds is 2. The molecule has 0 aliphatic carbocycles. The molecular formula is C8H11BrOS. The minimum atomic E-state index is -0.246. The first kappa shape index (κ1) is 9.23. The highest BCUT2D eigenvalue weighted by Gasteiger charge is 2.06. The van der Waals surface area contributed by atoms with Gasteiger partial charge in [0.25, 0.3) is 0 Å². The van der Waals surface area contributed by atoms with Gasteiger partial charge in [0.15, 0.2) is 0 Å². The Hall–Kier alpha value is 0.140. The molecule has 0 spiro atoms. The predicted octanol–water partition coefficient (Wildman–Crippen LogP) is 2.74. The van der Waals surface area contributed by atoms with Crippen molar-refractivity contribution in [2.24, 2.45) is 0 Å². The first-order valence-corrected chi connectivity index (χ1v) is 5.13. The van der Waals surface area contributed by atoms with Crippen molar-refractivity contribution < 1.29 is 5.11 Å². The van der Waals surface area contributed by atoms with Crippen molar-refractivity contribution in [2.45, 2.75) is 26.4 Å². The largest absolute Gasteiger partial charge is 0.393 e. The first-order valence-electron chi connectivity index (χ1n) is 3.52. The predicted molar refractivity (Wildman–Crippen MR) is 52.1 cm³/mol. The van der Waals surface area contributed by atoms with Crippen LogP contribution in [0.2, 0.25) is 0 Å². The molecule has 1 aromatic heterocycles. The summed E-state index contributed by atoms with van der Waals surface area (Å²) in [7, 11) is 0. The zero-order valence-electron chi connectivity index (χ0n) is 6.60. The van der Waals surface area contributed by atoms with Gasteiger partial charge in [-0.15, -0.1) is 11.3 Å². The number of thiophene rings is 1. The van der Waals surface area contributed by atoms with Gasteiger partial charge in [-0.3, -0.25) is 0 Å². The smallest absolute Gasteiger partial charge is 0.0560 e. The Morgan fingerprint density at radius 3 is 2.73 bits per heavy atom. The average molecular weight is 235 g/mol. The quantitative estimate of drug-likeness (QED) is 0.835. The lowest BCUT2D eigenvalue weighted by atomic mass is 10.2. The molecule has 0 saturated carbocycles. The Labute approximate surface area is 79.2 Å². The zero-order valence-corrected chi connectivity index (χ0v) is 9.00. The molecule has 3 heteroatoms. The van der Waals surface area contributed by atoms with Crippen molar-refractivity contribution in [3.05, 3.63) is 20.3 Å². The van der Waals surface area contributed by atoms with Crippen LogP contribution < -0.4 is 0 Å². The van der Waals surface area contributed by atoms with Crippen molar-refractivity contribution in [1.29, 1.82) is 0 Å². The molecule has 11 heavy (non-hydrogen) atoms. The van der Waals surface area contributed by atoms with Gasteiger partial charge < -0.3 is 5.11 Å². The highest BCUT2D eigenvalue weighted by molar-refractivity contribution is 9.10. The summed E-state index contributed by atoms with van der Waals surface area (Å²) in [5.74, 6) is 0. The summed E-state index contributed by atoms with van der Waals surface area (Å²) < 4.78 is 1.13. The molecule has 1 atom stereocenters. The van der Waals surface area contributed by atoms with Crippen LogP contribution in [0.4, 0.5) is 0 Å². The highest BCUT2D eigenvalue weighted by Crippen LogP contribution is 2.27. The second kappa shape index (κ2) is 3.70. The monoisotopic (exact) mass is 234 g/mol. The van der Waals surface area contributed by atoms with Gasteiger partial charge in [-0.1, -0.05) is 0 Å². The Morgan fingerprint density at radius 1 is 1.73 bits per heavy atom. The van der Waals surface area contributed by atoms with Crippen LogP contribution in [-0.4, -0.2) is 11.2 Å². The molecule has 0 radical (unpaired) electrons. The molecule has 0 aromatic carbocycles. The topological polar surface area (TPSA) is 20.2 Å². The van der Waals surface area contributed by atoms with Gasteiger partial charge in [0.05, 0.1) is 6.10 Å². The maximum atomic E-state index is 9.13. The molecule has 0 aliphatic rings. The maximum absolute atomic E-state index is 9.13. The summed E-state index contributed by atoms with van der Waals surface area (Å²) in [5, 5.41) is 9.13. The first-order chi connectivity index (χ1) is 5.09. The van der Waals surface area contributed by atoms with Crippen molar-refractivity contribution in [2.75, 3.05) is 0 Å². The molecule has 1 N–H and O–H groups in total. The van der Waals surface area contributed by atoms with E-state index in [0.717, 1.165) is 10.9 Å². The fraction of sp³-hybridized carbons (Fsp3) is 0.500. The molecule has 1 heterocycles. The van der Waals surface area contributed by atoms with Gasteiger partial charge in [-0.05, 0) is 35.8 Å². The number of aryl methyl sites for hydroxylation is 1. The number of aliphatic hydroxyl groups is 1. The summed E-state index contributed by atoms with van der Waals surface area (Å²) in [6.07, 6.45) is 0.503.